The van der Waals surface area contributed by atoms with Crippen molar-refractivity contribution in [2.45, 2.75) is 57.9 Å². The Hall–Kier alpha value is -2.63. The van der Waals surface area contributed by atoms with Crippen LogP contribution in [0.15, 0.2) is 30.3 Å². The lowest BCUT2D eigenvalue weighted by atomic mass is 9.94. The number of benzene rings is 1. The molecule has 6 nitrogen and oxygen atoms in total. The predicted molar refractivity (Wildman–Crippen MR) is 116 cm³/mol. The van der Waals surface area contributed by atoms with Crippen LogP contribution in [-0.2, 0) is 35.4 Å². The largest absolute Gasteiger partial charge is 0.342 e. The van der Waals surface area contributed by atoms with Gasteiger partial charge in [0.1, 0.15) is 0 Å². The van der Waals surface area contributed by atoms with Crippen molar-refractivity contribution >= 4 is 11.8 Å². The van der Waals surface area contributed by atoms with E-state index in [1.54, 1.807) is 4.90 Å². The van der Waals surface area contributed by atoms with Gasteiger partial charge >= 0.3 is 0 Å². The number of amides is 2. The van der Waals surface area contributed by atoms with Gasteiger partial charge in [0.05, 0.1) is 18.2 Å². The van der Waals surface area contributed by atoms with E-state index >= 15 is 0 Å². The van der Waals surface area contributed by atoms with E-state index in [9.17, 15) is 9.59 Å². The summed E-state index contributed by atoms with van der Waals surface area (Å²) in [6, 6.07) is 10.3. The maximum atomic E-state index is 13.1. The Balaban J connectivity index is 1.31. The summed E-state index contributed by atoms with van der Waals surface area (Å²) in [6.45, 7) is 1.80. The molecular formula is C24H32N4O2. The van der Waals surface area contributed by atoms with Crippen LogP contribution in [0.4, 0.5) is 0 Å². The Morgan fingerprint density at radius 1 is 1.20 bits per heavy atom. The fraction of sp³-hybridized carbons (Fsp3) is 0.542. The molecule has 0 bridgehead atoms. The zero-order valence-electron chi connectivity index (χ0n) is 17.9. The number of H-pyrrole nitrogens is 1. The zero-order valence-corrected chi connectivity index (χ0v) is 17.9. The van der Waals surface area contributed by atoms with Crippen LogP contribution in [0.25, 0.3) is 0 Å². The molecule has 0 spiro atoms. The van der Waals surface area contributed by atoms with E-state index in [0.717, 1.165) is 31.4 Å². The van der Waals surface area contributed by atoms with E-state index in [1.807, 2.05) is 30.1 Å². The fourth-order valence-electron chi connectivity index (χ4n) is 4.75. The molecule has 1 atom stereocenters. The highest BCUT2D eigenvalue weighted by Crippen LogP contribution is 2.25. The normalized spacial score (nSPS) is 18.9. The van der Waals surface area contributed by atoms with Gasteiger partial charge in [-0.25, -0.2) is 0 Å². The summed E-state index contributed by atoms with van der Waals surface area (Å²) in [5.74, 6) is 0.193. The molecule has 1 aliphatic carbocycles. The molecule has 1 aromatic heterocycles. The van der Waals surface area contributed by atoms with Gasteiger partial charge in [-0.3, -0.25) is 14.7 Å². The molecule has 1 aromatic carbocycles. The quantitative estimate of drug-likeness (QED) is 0.765. The minimum absolute atomic E-state index is 0.112. The number of aryl methyl sites for hydroxylation is 2. The number of hydrogen-bond donors (Lipinski definition) is 1. The van der Waals surface area contributed by atoms with Gasteiger partial charge in [-0.2, -0.15) is 5.10 Å². The van der Waals surface area contributed by atoms with Gasteiger partial charge in [-0.05, 0) is 56.1 Å². The molecule has 2 aliphatic rings. The minimum atomic E-state index is -0.112. The topological polar surface area (TPSA) is 69.3 Å². The highest BCUT2D eigenvalue weighted by Gasteiger charge is 2.32. The van der Waals surface area contributed by atoms with Crippen LogP contribution in [0.3, 0.4) is 0 Å². The van der Waals surface area contributed by atoms with Crippen LogP contribution in [0, 0.1) is 5.92 Å². The molecular weight excluding hydrogens is 376 g/mol. The minimum Gasteiger partial charge on any atom is -0.342 e. The average molecular weight is 409 g/mol. The summed E-state index contributed by atoms with van der Waals surface area (Å²) in [7, 11) is 1.86. The van der Waals surface area contributed by atoms with Gasteiger partial charge in [0.15, 0.2) is 0 Å². The van der Waals surface area contributed by atoms with Crippen molar-refractivity contribution in [3.05, 3.63) is 52.8 Å². The van der Waals surface area contributed by atoms with Crippen LogP contribution >= 0.6 is 0 Å². The Bertz CT molecular complexity index is 877. The third-order valence-electron chi connectivity index (χ3n) is 6.49. The predicted octanol–water partition coefficient (Wildman–Crippen LogP) is 3.12. The lowest BCUT2D eigenvalue weighted by molar-refractivity contribution is -0.142. The molecule has 2 amide bonds. The monoisotopic (exact) mass is 408 g/mol. The van der Waals surface area contributed by atoms with E-state index in [4.69, 9.17) is 0 Å². The first-order valence-corrected chi connectivity index (χ1v) is 11.2. The molecule has 1 aliphatic heterocycles. The Morgan fingerprint density at radius 2 is 2.00 bits per heavy atom. The van der Waals surface area contributed by atoms with Gasteiger partial charge in [0, 0.05) is 32.3 Å². The SMILES string of the molecule is CN(Cc1n[nH]c2c1CCCC2)C(=O)[C@@H]1CCC(=O)N(CCCc2ccccc2)C1. The summed E-state index contributed by atoms with van der Waals surface area (Å²) < 4.78 is 0. The maximum Gasteiger partial charge on any atom is 0.227 e. The number of likely N-dealkylation sites (tertiary alicyclic amines) is 1. The highest BCUT2D eigenvalue weighted by molar-refractivity contribution is 5.83. The summed E-state index contributed by atoms with van der Waals surface area (Å²) in [5.41, 5.74) is 4.84. The van der Waals surface area contributed by atoms with E-state index in [0.29, 0.717) is 32.5 Å². The molecule has 1 fully saturated rings. The first-order chi connectivity index (χ1) is 14.6. The summed E-state index contributed by atoms with van der Waals surface area (Å²) in [5, 5.41) is 7.64. The fourth-order valence-corrected chi connectivity index (χ4v) is 4.75. The molecule has 2 aromatic rings. The molecule has 160 valence electrons. The number of nitrogens with zero attached hydrogens (tertiary/aromatic N) is 3. The van der Waals surface area contributed by atoms with Gasteiger partial charge < -0.3 is 9.80 Å². The summed E-state index contributed by atoms with van der Waals surface area (Å²) in [4.78, 5) is 29.2. The third kappa shape index (κ3) is 4.74. The van der Waals surface area contributed by atoms with Crippen LogP contribution < -0.4 is 0 Å². The van der Waals surface area contributed by atoms with E-state index in [-0.39, 0.29) is 17.7 Å². The lowest BCUT2D eigenvalue weighted by Gasteiger charge is -2.34. The number of aromatic amines is 1. The van der Waals surface area contributed by atoms with Crippen molar-refractivity contribution in [1.82, 2.24) is 20.0 Å². The first-order valence-electron chi connectivity index (χ1n) is 11.2. The summed E-state index contributed by atoms with van der Waals surface area (Å²) >= 11 is 0. The average Bonchev–Trinajstić information content (AvgIpc) is 3.18. The van der Waals surface area contributed by atoms with Gasteiger partial charge in [-0.15, -0.1) is 0 Å². The second-order valence-corrected chi connectivity index (χ2v) is 8.69. The standard InChI is InChI=1S/C24H32N4O2/c1-27(17-22-20-11-5-6-12-21(20)25-26-22)24(30)19-13-14-23(29)28(16-19)15-7-10-18-8-3-2-4-9-18/h2-4,8-9,19H,5-7,10-17H2,1H3,(H,25,26)/t19-/m1/s1. The van der Waals surface area contributed by atoms with E-state index in [1.165, 1.54) is 29.7 Å². The first kappa shape index (κ1) is 20.6. The second-order valence-electron chi connectivity index (χ2n) is 8.69. The van der Waals surface area contributed by atoms with Crippen molar-refractivity contribution in [3.8, 4) is 0 Å². The van der Waals surface area contributed by atoms with Crippen molar-refractivity contribution in [2.75, 3.05) is 20.1 Å². The third-order valence-corrected chi connectivity index (χ3v) is 6.49. The molecule has 0 radical (unpaired) electrons. The number of hydrogen-bond acceptors (Lipinski definition) is 3. The number of nitrogens with one attached hydrogen (secondary N) is 1. The maximum absolute atomic E-state index is 13.1. The zero-order chi connectivity index (χ0) is 20.9. The summed E-state index contributed by atoms with van der Waals surface area (Å²) in [6.07, 6.45) is 7.50. The van der Waals surface area contributed by atoms with E-state index in [2.05, 4.69) is 22.3 Å². The molecule has 6 heteroatoms. The van der Waals surface area contributed by atoms with Crippen molar-refractivity contribution in [1.29, 1.82) is 0 Å². The Morgan fingerprint density at radius 3 is 2.83 bits per heavy atom. The number of carbonyl (C=O) groups is 2. The number of fused-ring (bicyclic) bond motifs is 1. The van der Waals surface area contributed by atoms with E-state index < -0.39 is 0 Å². The van der Waals surface area contributed by atoms with Crippen molar-refractivity contribution in [2.24, 2.45) is 5.92 Å². The number of rotatable bonds is 7. The number of carbonyl (C=O) groups excluding carboxylic acids is 2. The number of piperidine rings is 1. The smallest absolute Gasteiger partial charge is 0.227 e. The molecule has 2 heterocycles. The molecule has 0 unspecified atom stereocenters. The lowest BCUT2D eigenvalue weighted by Crippen LogP contribution is -2.46. The molecule has 1 saturated heterocycles. The van der Waals surface area contributed by atoms with Crippen molar-refractivity contribution < 1.29 is 9.59 Å². The van der Waals surface area contributed by atoms with Crippen LogP contribution in [0.1, 0.15) is 54.6 Å². The Labute approximate surface area is 178 Å². The van der Waals surface area contributed by atoms with Crippen LogP contribution in [-0.4, -0.2) is 51.9 Å². The Kier molecular flexibility index (Phi) is 6.50. The van der Waals surface area contributed by atoms with Gasteiger partial charge in [0.25, 0.3) is 0 Å². The highest BCUT2D eigenvalue weighted by atomic mass is 16.2. The molecule has 4 rings (SSSR count). The van der Waals surface area contributed by atoms with Crippen LogP contribution in [0.5, 0.6) is 0 Å². The second kappa shape index (κ2) is 9.45. The number of aromatic nitrogens is 2. The van der Waals surface area contributed by atoms with Gasteiger partial charge in [-0.1, -0.05) is 30.3 Å². The van der Waals surface area contributed by atoms with Crippen LogP contribution in [0.2, 0.25) is 0 Å². The van der Waals surface area contributed by atoms with Gasteiger partial charge in [0.2, 0.25) is 11.8 Å². The molecule has 0 saturated carbocycles. The molecule has 30 heavy (non-hydrogen) atoms. The molecule has 1 N–H and O–H groups in total. The van der Waals surface area contributed by atoms with Crippen molar-refractivity contribution in [3.63, 3.8) is 0 Å².